The summed E-state index contributed by atoms with van der Waals surface area (Å²) in [7, 11) is 2.11. The predicted molar refractivity (Wildman–Crippen MR) is 103 cm³/mol. The van der Waals surface area contributed by atoms with Crippen LogP contribution in [0.25, 0.3) is 10.8 Å². The van der Waals surface area contributed by atoms with E-state index < -0.39 is 0 Å². The number of carbonyl (C=O) groups is 1. The van der Waals surface area contributed by atoms with Gasteiger partial charge in [0.25, 0.3) is 5.56 Å². The highest BCUT2D eigenvalue weighted by Gasteiger charge is 2.21. The van der Waals surface area contributed by atoms with E-state index in [1.807, 2.05) is 16.8 Å². The second-order valence-electron chi connectivity index (χ2n) is 6.94. The molecule has 140 valence electrons. The standard InChI is InChI=1S/C19H22N6O2/c1-23-10-7-15(8-11-23)25-17(6-9-20-25)22-18(26)13-24-19(27)16-5-3-2-4-14(16)12-21-24/h2-6,9,12,15H,7-8,10-11,13H2,1H3,(H,22,26). The molecule has 0 spiro atoms. The summed E-state index contributed by atoms with van der Waals surface area (Å²) < 4.78 is 3.06. The molecule has 0 radical (unpaired) electrons. The number of likely N-dealkylation sites (tertiary alicyclic amines) is 1. The largest absolute Gasteiger partial charge is 0.309 e. The molecule has 4 rings (SSSR count). The van der Waals surface area contributed by atoms with Crippen LogP contribution in [0.2, 0.25) is 0 Å². The van der Waals surface area contributed by atoms with Crippen LogP contribution in [-0.2, 0) is 11.3 Å². The normalized spacial score (nSPS) is 15.9. The highest BCUT2D eigenvalue weighted by molar-refractivity contribution is 5.90. The highest BCUT2D eigenvalue weighted by atomic mass is 16.2. The molecule has 0 unspecified atom stereocenters. The lowest BCUT2D eigenvalue weighted by atomic mass is 10.1. The third-order valence-corrected chi connectivity index (χ3v) is 5.03. The van der Waals surface area contributed by atoms with Gasteiger partial charge >= 0.3 is 0 Å². The van der Waals surface area contributed by atoms with Gasteiger partial charge in [-0.05, 0) is 39.0 Å². The van der Waals surface area contributed by atoms with Gasteiger partial charge in [-0.1, -0.05) is 18.2 Å². The van der Waals surface area contributed by atoms with Crippen molar-refractivity contribution in [3.63, 3.8) is 0 Å². The topological polar surface area (TPSA) is 85.1 Å². The molecule has 1 N–H and O–H groups in total. The number of fused-ring (bicyclic) bond motifs is 1. The van der Waals surface area contributed by atoms with Crippen molar-refractivity contribution in [2.24, 2.45) is 0 Å². The summed E-state index contributed by atoms with van der Waals surface area (Å²) in [6, 6.07) is 9.27. The summed E-state index contributed by atoms with van der Waals surface area (Å²) in [4.78, 5) is 27.3. The molecule has 1 aliphatic heterocycles. The van der Waals surface area contributed by atoms with Crippen molar-refractivity contribution < 1.29 is 4.79 Å². The van der Waals surface area contributed by atoms with Crippen LogP contribution in [-0.4, -0.2) is 50.5 Å². The molecule has 2 aromatic heterocycles. The molecule has 1 aromatic carbocycles. The average Bonchev–Trinajstić information content (AvgIpc) is 3.13. The molecular formula is C19H22N6O2. The van der Waals surface area contributed by atoms with Crippen LogP contribution in [0.1, 0.15) is 18.9 Å². The number of anilines is 1. The van der Waals surface area contributed by atoms with Gasteiger partial charge in [-0.25, -0.2) is 9.36 Å². The summed E-state index contributed by atoms with van der Waals surface area (Å²) in [6.45, 7) is 1.88. The molecule has 8 nitrogen and oxygen atoms in total. The zero-order chi connectivity index (χ0) is 18.8. The number of amides is 1. The highest BCUT2D eigenvalue weighted by Crippen LogP contribution is 2.24. The summed E-state index contributed by atoms with van der Waals surface area (Å²) in [5, 5.41) is 12.7. The summed E-state index contributed by atoms with van der Waals surface area (Å²) in [5.74, 6) is 0.359. The second kappa shape index (κ2) is 7.32. The van der Waals surface area contributed by atoms with Crippen molar-refractivity contribution in [2.75, 3.05) is 25.5 Å². The molecule has 27 heavy (non-hydrogen) atoms. The van der Waals surface area contributed by atoms with Gasteiger partial charge in [0.05, 0.1) is 23.8 Å². The third-order valence-electron chi connectivity index (χ3n) is 5.03. The smallest absolute Gasteiger partial charge is 0.275 e. The van der Waals surface area contributed by atoms with Crippen molar-refractivity contribution in [1.82, 2.24) is 24.5 Å². The van der Waals surface area contributed by atoms with Gasteiger partial charge in [-0.2, -0.15) is 10.2 Å². The van der Waals surface area contributed by atoms with E-state index in [-0.39, 0.29) is 24.1 Å². The van der Waals surface area contributed by atoms with E-state index in [0.29, 0.717) is 11.2 Å². The Balaban J connectivity index is 1.49. The van der Waals surface area contributed by atoms with Gasteiger partial charge in [0.2, 0.25) is 5.91 Å². The quantitative estimate of drug-likeness (QED) is 0.756. The Morgan fingerprint density at radius 1 is 1.19 bits per heavy atom. The first kappa shape index (κ1) is 17.4. The van der Waals surface area contributed by atoms with Crippen molar-refractivity contribution in [3.8, 4) is 0 Å². The van der Waals surface area contributed by atoms with E-state index in [1.165, 1.54) is 4.68 Å². The Kier molecular flexibility index (Phi) is 4.72. The van der Waals surface area contributed by atoms with Crippen LogP contribution in [0, 0.1) is 0 Å². The van der Waals surface area contributed by atoms with E-state index in [4.69, 9.17) is 0 Å². The van der Waals surface area contributed by atoms with Gasteiger partial charge in [-0.15, -0.1) is 0 Å². The lowest BCUT2D eigenvalue weighted by molar-refractivity contribution is -0.117. The van der Waals surface area contributed by atoms with Crippen molar-refractivity contribution in [3.05, 3.63) is 53.1 Å². The van der Waals surface area contributed by atoms with Crippen LogP contribution < -0.4 is 10.9 Å². The number of piperidine rings is 1. The van der Waals surface area contributed by atoms with E-state index in [9.17, 15) is 9.59 Å². The fraction of sp³-hybridized carbons (Fsp3) is 0.368. The van der Waals surface area contributed by atoms with Gasteiger partial charge in [0, 0.05) is 11.5 Å². The van der Waals surface area contributed by atoms with Crippen LogP contribution in [0.4, 0.5) is 5.82 Å². The van der Waals surface area contributed by atoms with Crippen LogP contribution in [0.3, 0.4) is 0 Å². The SMILES string of the molecule is CN1CCC(n2nccc2NC(=O)Cn2ncc3ccccc3c2=O)CC1. The number of aromatic nitrogens is 4. The number of carbonyl (C=O) groups excluding carboxylic acids is 1. The fourth-order valence-corrected chi connectivity index (χ4v) is 3.50. The Morgan fingerprint density at radius 3 is 2.78 bits per heavy atom. The lowest BCUT2D eigenvalue weighted by Crippen LogP contribution is -2.33. The molecule has 0 saturated carbocycles. The maximum absolute atomic E-state index is 12.5. The zero-order valence-electron chi connectivity index (χ0n) is 15.2. The molecule has 1 aliphatic rings. The first-order valence-electron chi connectivity index (χ1n) is 9.08. The number of benzene rings is 1. The minimum atomic E-state index is -0.297. The number of nitrogens with zero attached hydrogens (tertiary/aromatic N) is 5. The Morgan fingerprint density at radius 2 is 1.96 bits per heavy atom. The second-order valence-corrected chi connectivity index (χ2v) is 6.94. The summed E-state index contributed by atoms with van der Waals surface area (Å²) in [6.07, 6.45) is 5.28. The number of hydrogen-bond donors (Lipinski definition) is 1. The molecule has 0 aliphatic carbocycles. The van der Waals surface area contributed by atoms with Crippen molar-refractivity contribution in [2.45, 2.75) is 25.4 Å². The molecule has 1 fully saturated rings. The molecule has 1 saturated heterocycles. The van der Waals surface area contributed by atoms with Crippen molar-refractivity contribution in [1.29, 1.82) is 0 Å². The van der Waals surface area contributed by atoms with Gasteiger partial charge < -0.3 is 10.2 Å². The average molecular weight is 366 g/mol. The van der Waals surface area contributed by atoms with Crippen molar-refractivity contribution >= 4 is 22.5 Å². The monoisotopic (exact) mass is 366 g/mol. The first-order valence-corrected chi connectivity index (χ1v) is 9.08. The summed E-state index contributed by atoms with van der Waals surface area (Å²) in [5.41, 5.74) is -0.271. The molecule has 8 heteroatoms. The number of nitrogens with one attached hydrogen (secondary N) is 1. The first-order chi connectivity index (χ1) is 13.1. The minimum absolute atomic E-state index is 0.137. The van der Waals surface area contributed by atoms with Crippen LogP contribution in [0.15, 0.2) is 47.5 Å². The maximum Gasteiger partial charge on any atom is 0.275 e. The number of rotatable bonds is 4. The lowest BCUT2D eigenvalue weighted by Gasteiger charge is -2.30. The molecule has 3 aromatic rings. The Hall–Kier alpha value is -3.00. The van der Waals surface area contributed by atoms with Crippen LogP contribution >= 0.6 is 0 Å². The molecule has 0 atom stereocenters. The van der Waals surface area contributed by atoms with Gasteiger partial charge in [-0.3, -0.25) is 9.59 Å². The zero-order valence-corrected chi connectivity index (χ0v) is 15.2. The Labute approximate surface area is 156 Å². The van der Waals surface area contributed by atoms with Gasteiger partial charge in [0.1, 0.15) is 12.4 Å². The molecule has 0 bridgehead atoms. The third kappa shape index (κ3) is 3.61. The van der Waals surface area contributed by atoms with E-state index in [0.717, 1.165) is 31.3 Å². The number of hydrogen-bond acceptors (Lipinski definition) is 5. The molecular weight excluding hydrogens is 344 g/mol. The molecule has 3 heterocycles. The van der Waals surface area contributed by atoms with Crippen LogP contribution in [0.5, 0.6) is 0 Å². The van der Waals surface area contributed by atoms with E-state index >= 15 is 0 Å². The Bertz CT molecular complexity index is 1020. The van der Waals surface area contributed by atoms with E-state index in [1.54, 1.807) is 30.6 Å². The predicted octanol–water partition coefficient (Wildman–Crippen LogP) is 1.50. The summed E-state index contributed by atoms with van der Waals surface area (Å²) >= 11 is 0. The van der Waals surface area contributed by atoms with Gasteiger partial charge in [0.15, 0.2) is 0 Å². The fourth-order valence-electron chi connectivity index (χ4n) is 3.50. The molecule has 1 amide bonds. The van der Waals surface area contributed by atoms with E-state index in [2.05, 4.69) is 27.5 Å². The maximum atomic E-state index is 12.5. The minimum Gasteiger partial charge on any atom is -0.309 e.